The third kappa shape index (κ3) is 3.11. The highest BCUT2D eigenvalue weighted by atomic mass is 16.5. The summed E-state index contributed by atoms with van der Waals surface area (Å²) in [5.74, 6) is 2.73. The lowest BCUT2D eigenvalue weighted by Crippen LogP contribution is -2.24. The van der Waals surface area contributed by atoms with Crippen molar-refractivity contribution in [1.29, 1.82) is 0 Å². The quantitative estimate of drug-likeness (QED) is 0.525. The van der Waals surface area contributed by atoms with Crippen molar-refractivity contribution in [3.63, 3.8) is 0 Å². The highest BCUT2D eigenvalue weighted by molar-refractivity contribution is 5.29. The molecule has 0 bridgehead atoms. The summed E-state index contributed by atoms with van der Waals surface area (Å²) >= 11 is 0. The van der Waals surface area contributed by atoms with E-state index in [2.05, 4.69) is 12.8 Å². The van der Waals surface area contributed by atoms with Crippen molar-refractivity contribution >= 4 is 0 Å². The van der Waals surface area contributed by atoms with Crippen LogP contribution in [0.2, 0.25) is 0 Å². The molecule has 1 nitrogen and oxygen atoms in total. The number of ether oxygens (including phenoxy) is 1. The Bertz CT molecular complexity index is 323. The van der Waals surface area contributed by atoms with Crippen molar-refractivity contribution in [2.45, 2.75) is 32.3 Å². The summed E-state index contributed by atoms with van der Waals surface area (Å²) in [5, 5.41) is 0. The predicted octanol–water partition coefficient (Wildman–Crippen LogP) is 3.35. The molecule has 0 saturated carbocycles. The molecule has 1 atom stereocenters. The van der Waals surface area contributed by atoms with E-state index < -0.39 is 5.60 Å². The minimum absolute atomic E-state index is 0.587. The smallest absolute Gasteiger partial charge is 0.151 e. The van der Waals surface area contributed by atoms with Crippen molar-refractivity contribution in [2.24, 2.45) is 0 Å². The van der Waals surface area contributed by atoms with Crippen LogP contribution in [0.5, 0.6) is 0 Å². The first-order valence-corrected chi connectivity index (χ1v) is 5.40. The highest BCUT2D eigenvalue weighted by Gasteiger charge is 2.23. The lowest BCUT2D eigenvalue weighted by atomic mass is 9.97. The van der Waals surface area contributed by atoms with Crippen molar-refractivity contribution in [3.05, 3.63) is 35.9 Å². The molecule has 1 aromatic rings. The molecule has 1 rings (SSSR count). The molecule has 0 aliphatic carbocycles. The van der Waals surface area contributed by atoms with Gasteiger partial charge in [-0.15, -0.1) is 6.42 Å². The van der Waals surface area contributed by atoms with Crippen LogP contribution in [0, 0.1) is 12.3 Å². The number of rotatable bonds is 5. The van der Waals surface area contributed by atoms with E-state index >= 15 is 0 Å². The summed E-state index contributed by atoms with van der Waals surface area (Å²) < 4.78 is 5.77. The maximum atomic E-state index is 5.77. The third-order valence-electron chi connectivity index (χ3n) is 2.49. The number of benzene rings is 1. The number of hydrogen-bond acceptors (Lipinski definition) is 1. The van der Waals surface area contributed by atoms with Crippen LogP contribution in [0.3, 0.4) is 0 Å². The fourth-order valence-corrected chi connectivity index (χ4v) is 1.39. The van der Waals surface area contributed by atoms with E-state index in [1.54, 1.807) is 0 Å². The van der Waals surface area contributed by atoms with E-state index in [1.807, 2.05) is 37.3 Å². The fraction of sp³-hybridized carbons (Fsp3) is 0.429. The second-order valence-electron chi connectivity index (χ2n) is 3.75. The molecule has 0 amide bonds. The first-order chi connectivity index (χ1) is 7.23. The van der Waals surface area contributed by atoms with Crippen molar-refractivity contribution in [3.8, 4) is 12.3 Å². The van der Waals surface area contributed by atoms with E-state index in [9.17, 15) is 0 Å². The monoisotopic (exact) mass is 202 g/mol. The fourth-order valence-electron chi connectivity index (χ4n) is 1.39. The Morgan fingerprint density at radius 1 is 1.33 bits per heavy atom. The molecule has 0 fully saturated rings. The molecule has 15 heavy (non-hydrogen) atoms. The molecular formula is C14H18O. The van der Waals surface area contributed by atoms with Crippen LogP contribution in [0.4, 0.5) is 0 Å². The number of terminal acetylenes is 1. The summed E-state index contributed by atoms with van der Waals surface area (Å²) in [6, 6.07) is 9.95. The SMILES string of the molecule is C#CC(C)(OCCCC)c1ccccc1. The molecule has 80 valence electrons. The van der Waals surface area contributed by atoms with Crippen molar-refractivity contribution in [2.75, 3.05) is 6.61 Å². The van der Waals surface area contributed by atoms with Crippen LogP contribution in [-0.4, -0.2) is 6.61 Å². The molecule has 1 aromatic carbocycles. The summed E-state index contributed by atoms with van der Waals surface area (Å²) in [6.07, 6.45) is 7.71. The molecule has 0 aliphatic rings. The van der Waals surface area contributed by atoms with Gasteiger partial charge >= 0.3 is 0 Å². The van der Waals surface area contributed by atoms with Gasteiger partial charge in [-0.3, -0.25) is 0 Å². The zero-order valence-corrected chi connectivity index (χ0v) is 9.49. The Balaban J connectivity index is 2.73. The molecule has 0 saturated heterocycles. The van der Waals surface area contributed by atoms with E-state index in [-0.39, 0.29) is 0 Å². The van der Waals surface area contributed by atoms with Gasteiger partial charge in [0.2, 0.25) is 0 Å². The lowest BCUT2D eigenvalue weighted by Gasteiger charge is -2.24. The van der Waals surface area contributed by atoms with E-state index in [1.165, 1.54) is 0 Å². The number of hydrogen-bond donors (Lipinski definition) is 0. The Kier molecular flexibility index (Phi) is 4.39. The van der Waals surface area contributed by atoms with Gasteiger partial charge < -0.3 is 4.74 Å². The molecule has 0 N–H and O–H groups in total. The summed E-state index contributed by atoms with van der Waals surface area (Å²) in [7, 11) is 0. The lowest BCUT2D eigenvalue weighted by molar-refractivity contribution is 0.00834. The van der Waals surface area contributed by atoms with Crippen molar-refractivity contribution in [1.82, 2.24) is 0 Å². The molecule has 0 aliphatic heterocycles. The predicted molar refractivity (Wildman–Crippen MR) is 63.5 cm³/mol. The largest absolute Gasteiger partial charge is 0.358 e. The van der Waals surface area contributed by atoms with E-state index in [0.29, 0.717) is 6.61 Å². The van der Waals surface area contributed by atoms with Gasteiger partial charge in [-0.2, -0.15) is 0 Å². The Morgan fingerprint density at radius 2 is 2.00 bits per heavy atom. The van der Waals surface area contributed by atoms with Gasteiger partial charge in [-0.1, -0.05) is 49.6 Å². The maximum Gasteiger partial charge on any atom is 0.151 e. The van der Waals surface area contributed by atoms with Gasteiger partial charge in [0.15, 0.2) is 5.60 Å². The molecule has 1 heteroatoms. The van der Waals surface area contributed by atoms with Crippen LogP contribution in [0.1, 0.15) is 32.3 Å². The minimum atomic E-state index is -0.587. The minimum Gasteiger partial charge on any atom is -0.358 e. The summed E-state index contributed by atoms with van der Waals surface area (Å²) in [4.78, 5) is 0. The van der Waals surface area contributed by atoms with E-state index in [4.69, 9.17) is 11.2 Å². The molecular weight excluding hydrogens is 184 g/mol. The zero-order chi connectivity index (χ0) is 11.1. The topological polar surface area (TPSA) is 9.23 Å². The van der Waals surface area contributed by atoms with Gasteiger partial charge in [-0.25, -0.2) is 0 Å². The Labute approximate surface area is 92.5 Å². The molecule has 0 spiro atoms. The highest BCUT2D eigenvalue weighted by Crippen LogP contribution is 2.24. The zero-order valence-electron chi connectivity index (χ0n) is 9.49. The Hall–Kier alpha value is -1.26. The maximum absolute atomic E-state index is 5.77. The average Bonchev–Trinajstić information content (AvgIpc) is 2.30. The summed E-state index contributed by atoms with van der Waals surface area (Å²) in [5.41, 5.74) is 0.458. The van der Waals surface area contributed by atoms with Gasteiger partial charge in [0.05, 0.1) is 0 Å². The number of unbranched alkanes of at least 4 members (excludes halogenated alkanes) is 1. The molecule has 1 unspecified atom stereocenters. The second-order valence-corrected chi connectivity index (χ2v) is 3.75. The van der Waals surface area contributed by atoms with E-state index in [0.717, 1.165) is 18.4 Å². The molecule has 0 radical (unpaired) electrons. The van der Waals surface area contributed by atoms with Crippen LogP contribution < -0.4 is 0 Å². The normalized spacial score (nSPS) is 14.2. The van der Waals surface area contributed by atoms with Gasteiger partial charge in [0, 0.05) is 6.61 Å². The molecule has 0 heterocycles. The van der Waals surface area contributed by atoms with Gasteiger partial charge in [0.25, 0.3) is 0 Å². The van der Waals surface area contributed by atoms with Crippen LogP contribution in [0.25, 0.3) is 0 Å². The summed E-state index contributed by atoms with van der Waals surface area (Å²) in [6.45, 7) is 4.79. The molecule has 0 aromatic heterocycles. The van der Waals surface area contributed by atoms with Gasteiger partial charge in [0.1, 0.15) is 0 Å². The van der Waals surface area contributed by atoms with Crippen LogP contribution in [-0.2, 0) is 10.3 Å². The van der Waals surface area contributed by atoms with Crippen LogP contribution >= 0.6 is 0 Å². The average molecular weight is 202 g/mol. The first-order valence-electron chi connectivity index (χ1n) is 5.40. The Morgan fingerprint density at radius 3 is 2.53 bits per heavy atom. The van der Waals surface area contributed by atoms with Crippen LogP contribution in [0.15, 0.2) is 30.3 Å². The second kappa shape index (κ2) is 5.58. The third-order valence-corrected chi connectivity index (χ3v) is 2.49. The first kappa shape index (κ1) is 11.8. The standard InChI is InChI=1S/C14H18O/c1-4-6-12-15-14(3,5-2)13-10-8-7-9-11-13/h2,7-11H,4,6,12H2,1,3H3. The van der Waals surface area contributed by atoms with Gasteiger partial charge in [-0.05, 0) is 18.9 Å². The van der Waals surface area contributed by atoms with Crippen molar-refractivity contribution < 1.29 is 4.74 Å².